The first-order valence-corrected chi connectivity index (χ1v) is 6.69. The maximum absolute atomic E-state index is 5.60. The molecule has 0 saturated heterocycles. The molecule has 0 unspecified atom stereocenters. The van der Waals surface area contributed by atoms with Crippen molar-refractivity contribution < 1.29 is 18.6 Å². The molecular formula is C12H20O4Si. The van der Waals surface area contributed by atoms with Crippen molar-refractivity contribution in [1.82, 2.24) is 0 Å². The van der Waals surface area contributed by atoms with Crippen LogP contribution < -0.4 is 18.6 Å². The molecule has 0 aliphatic heterocycles. The summed E-state index contributed by atoms with van der Waals surface area (Å²) in [6.07, 6.45) is 0. The van der Waals surface area contributed by atoms with E-state index in [1.807, 2.05) is 32.9 Å². The van der Waals surface area contributed by atoms with Crippen LogP contribution in [0, 0.1) is 0 Å². The predicted octanol–water partition coefficient (Wildman–Crippen LogP) is 1.54. The third-order valence-electron chi connectivity index (χ3n) is 2.14. The number of ether oxygens (including phenoxy) is 3. The minimum atomic E-state index is 0.560. The minimum absolute atomic E-state index is 0.560. The highest BCUT2D eigenvalue weighted by molar-refractivity contribution is 6.00. The van der Waals surface area contributed by atoms with Crippen LogP contribution >= 0.6 is 0 Å². The van der Waals surface area contributed by atoms with Gasteiger partial charge in [-0.1, -0.05) is 0 Å². The zero-order valence-electron chi connectivity index (χ0n) is 10.9. The molecule has 0 heterocycles. The van der Waals surface area contributed by atoms with Gasteiger partial charge < -0.3 is 18.6 Å². The summed E-state index contributed by atoms with van der Waals surface area (Å²) in [5.41, 5.74) is 0. The molecule has 4 nitrogen and oxygen atoms in total. The SMILES string of the molecule is CCOc1ccc(O[SiH3])c(OCC)c1OCC. The minimum Gasteiger partial charge on any atom is -0.551 e. The molecule has 1 aromatic rings. The van der Waals surface area contributed by atoms with Crippen molar-refractivity contribution in [2.75, 3.05) is 19.8 Å². The molecule has 0 aromatic heterocycles. The fourth-order valence-corrected chi connectivity index (χ4v) is 1.84. The zero-order chi connectivity index (χ0) is 12.7. The van der Waals surface area contributed by atoms with Crippen molar-refractivity contribution in [2.45, 2.75) is 20.8 Å². The highest BCUT2D eigenvalue weighted by atomic mass is 28.2. The number of benzene rings is 1. The predicted molar refractivity (Wildman–Crippen MR) is 70.5 cm³/mol. The van der Waals surface area contributed by atoms with Crippen molar-refractivity contribution in [3.8, 4) is 23.0 Å². The van der Waals surface area contributed by atoms with E-state index in [1.54, 1.807) is 0 Å². The van der Waals surface area contributed by atoms with Gasteiger partial charge in [-0.3, -0.25) is 0 Å². The molecule has 0 aliphatic rings. The van der Waals surface area contributed by atoms with Crippen molar-refractivity contribution in [3.63, 3.8) is 0 Å². The maximum Gasteiger partial charge on any atom is 0.207 e. The van der Waals surface area contributed by atoms with Crippen molar-refractivity contribution in [1.29, 1.82) is 0 Å². The number of rotatable bonds is 7. The van der Waals surface area contributed by atoms with Crippen LogP contribution in [0.15, 0.2) is 12.1 Å². The molecule has 0 N–H and O–H groups in total. The summed E-state index contributed by atoms with van der Waals surface area (Å²) in [6, 6.07) is 3.70. The monoisotopic (exact) mass is 256 g/mol. The molecule has 0 saturated carbocycles. The quantitative estimate of drug-likeness (QED) is 0.694. The Morgan fingerprint density at radius 1 is 0.824 bits per heavy atom. The zero-order valence-corrected chi connectivity index (χ0v) is 12.9. The summed E-state index contributed by atoms with van der Waals surface area (Å²) in [5, 5.41) is 0. The Morgan fingerprint density at radius 3 is 1.76 bits per heavy atom. The van der Waals surface area contributed by atoms with E-state index in [2.05, 4.69) is 0 Å². The first kappa shape index (κ1) is 13.7. The van der Waals surface area contributed by atoms with Crippen LogP contribution in [-0.2, 0) is 0 Å². The van der Waals surface area contributed by atoms with Gasteiger partial charge in [0, 0.05) is 0 Å². The van der Waals surface area contributed by atoms with Gasteiger partial charge in [0.2, 0.25) is 22.0 Å². The van der Waals surface area contributed by atoms with Crippen LogP contribution in [0.3, 0.4) is 0 Å². The van der Waals surface area contributed by atoms with Gasteiger partial charge in [-0.15, -0.1) is 0 Å². The van der Waals surface area contributed by atoms with Gasteiger partial charge in [0.25, 0.3) is 0 Å². The normalized spacial score (nSPS) is 10.1. The Kier molecular flexibility index (Phi) is 5.69. The standard InChI is InChI=1S/C12H20O4Si/c1-4-13-9-7-8-10(16-17)12(15-6-3)11(9)14-5-2/h7-8H,4-6H2,1-3,17H3. The second kappa shape index (κ2) is 7.06. The van der Waals surface area contributed by atoms with Crippen LogP contribution in [0.2, 0.25) is 0 Å². The lowest BCUT2D eigenvalue weighted by molar-refractivity contribution is 0.256. The molecule has 0 amide bonds. The summed E-state index contributed by atoms with van der Waals surface area (Å²) < 4.78 is 22.1. The Labute approximate surface area is 105 Å². The molecule has 1 aromatic carbocycles. The van der Waals surface area contributed by atoms with Gasteiger partial charge in [0.15, 0.2) is 5.75 Å². The summed E-state index contributed by atoms with van der Waals surface area (Å²) in [7, 11) is 0.608. The lowest BCUT2D eigenvalue weighted by Crippen LogP contribution is -2.04. The van der Waals surface area contributed by atoms with E-state index in [4.69, 9.17) is 18.6 Å². The van der Waals surface area contributed by atoms with E-state index in [-0.39, 0.29) is 0 Å². The highest BCUT2D eigenvalue weighted by Gasteiger charge is 2.17. The largest absolute Gasteiger partial charge is 0.551 e. The average Bonchev–Trinajstić information content (AvgIpc) is 2.34. The fraction of sp³-hybridized carbons (Fsp3) is 0.500. The van der Waals surface area contributed by atoms with Crippen LogP contribution in [0.5, 0.6) is 23.0 Å². The van der Waals surface area contributed by atoms with Gasteiger partial charge in [-0.2, -0.15) is 0 Å². The Morgan fingerprint density at radius 2 is 1.29 bits per heavy atom. The third-order valence-corrected chi connectivity index (χ3v) is 2.58. The second-order valence-corrected chi connectivity index (χ2v) is 3.63. The Bertz CT molecular complexity index is 355. The molecule has 5 heteroatoms. The molecule has 0 aliphatic carbocycles. The molecule has 0 atom stereocenters. The van der Waals surface area contributed by atoms with Crippen LogP contribution in [0.25, 0.3) is 0 Å². The van der Waals surface area contributed by atoms with Gasteiger partial charge in [0.05, 0.1) is 19.8 Å². The van der Waals surface area contributed by atoms with Crippen LogP contribution in [0.1, 0.15) is 20.8 Å². The Balaban J connectivity index is 3.20. The van der Waals surface area contributed by atoms with Crippen molar-refractivity contribution in [3.05, 3.63) is 12.1 Å². The summed E-state index contributed by atoms with van der Waals surface area (Å²) >= 11 is 0. The summed E-state index contributed by atoms with van der Waals surface area (Å²) in [6.45, 7) is 7.51. The number of hydrogen-bond donors (Lipinski definition) is 0. The lowest BCUT2D eigenvalue weighted by Gasteiger charge is -2.17. The fourth-order valence-electron chi connectivity index (χ4n) is 1.52. The average molecular weight is 256 g/mol. The topological polar surface area (TPSA) is 36.9 Å². The van der Waals surface area contributed by atoms with E-state index in [0.717, 1.165) is 0 Å². The molecule has 1 rings (SSSR count). The molecule has 0 radical (unpaired) electrons. The summed E-state index contributed by atoms with van der Waals surface area (Å²) in [5.74, 6) is 2.67. The van der Waals surface area contributed by atoms with E-state index < -0.39 is 0 Å². The first-order chi connectivity index (χ1) is 8.28. The van der Waals surface area contributed by atoms with Crippen molar-refractivity contribution in [2.24, 2.45) is 0 Å². The van der Waals surface area contributed by atoms with Gasteiger partial charge in [-0.25, -0.2) is 0 Å². The Hall–Kier alpha value is -1.36. The first-order valence-electron chi connectivity index (χ1n) is 5.87. The molecule has 17 heavy (non-hydrogen) atoms. The second-order valence-electron chi connectivity index (χ2n) is 3.22. The number of hydrogen-bond acceptors (Lipinski definition) is 4. The molecule has 96 valence electrons. The molecule has 0 fully saturated rings. The molecule has 0 bridgehead atoms. The van der Waals surface area contributed by atoms with Gasteiger partial charge in [-0.05, 0) is 32.9 Å². The third kappa shape index (κ3) is 3.29. The smallest absolute Gasteiger partial charge is 0.207 e. The lowest BCUT2D eigenvalue weighted by atomic mass is 10.2. The van der Waals surface area contributed by atoms with E-state index in [1.165, 1.54) is 0 Å². The van der Waals surface area contributed by atoms with Gasteiger partial charge >= 0.3 is 0 Å². The van der Waals surface area contributed by atoms with Crippen LogP contribution in [-0.4, -0.2) is 30.3 Å². The molecule has 0 spiro atoms. The summed E-state index contributed by atoms with van der Waals surface area (Å²) in [4.78, 5) is 0. The van der Waals surface area contributed by atoms with Crippen molar-refractivity contribution >= 4 is 10.5 Å². The van der Waals surface area contributed by atoms with E-state index in [9.17, 15) is 0 Å². The van der Waals surface area contributed by atoms with E-state index in [0.29, 0.717) is 53.3 Å². The van der Waals surface area contributed by atoms with Crippen LogP contribution in [0.4, 0.5) is 0 Å². The van der Waals surface area contributed by atoms with E-state index >= 15 is 0 Å². The molecular weight excluding hydrogens is 236 g/mol. The highest BCUT2D eigenvalue weighted by Crippen LogP contribution is 2.44. The van der Waals surface area contributed by atoms with Gasteiger partial charge in [0.1, 0.15) is 5.75 Å². The maximum atomic E-state index is 5.60.